The minimum absolute atomic E-state index is 0.128. The van der Waals surface area contributed by atoms with Gasteiger partial charge in [0.2, 0.25) is 18.0 Å². The van der Waals surface area contributed by atoms with E-state index < -0.39 is 30.5 Å². The molecular weight excluding hydrogens is 863 g/mol. The molecule has 68 heavy (non-hydrogen) atoms. The Morgan fingerprint density at radius 3 is 1.74 bits per heavy atom. The third-order valence-electron chi connectivity index (χ3n) is 14.1. The zero-order chi connectivity index (χ0) is 47.4. The summed E-state index contributed by atoms with van der Waals surface area (Å²) in [5.74, 6) is 2.21. The number of rotatable bonds is 12. The number of methoxy groups -OCH3 is 2. The molecule has 0 bridgehead atoms. The van der Waals surface area contributed by atoms with E-state index >= 15 is 0 Å². The van der Waals surface area contributed by atoms with Gasteiger partial charge in [-0.25, -0.2) is 19.6 Å². The summed E-state index contributed by atoms with van der Waals surface area (Å²) >= 11 is 0. The molecule has 6 heterocycles. The lowest BCUT2D eigenvalue weighted by atomic mass is 10.0. The number of likely N-dealkylation sites (tertiary alicyclic amines) is 2. The first-order valence-corrected chi connectivity index (χ1v) is 23.9. The van der Waals surface area contributed by atoms with E-state index in [0.29, 0.717) is 30.7 Å². The fourth-order valence-electron chi connectivity index (χ4n) is 10.3. The lowest BCUT2D eigenvalue weighted by Crippen LogP contribution is -2.51. The fraction of sp³-hybridized carbons (Fsp3) is 0.423. The molecule has 1 saturated carbocycles. The average molecular weight is 922 g/mol. The average Bonchev–Trinajstić information content (AvgIpc) is 3.93. The molecule has 0 radical (unpaired) electrons. The maximum Gasteiger partial charge on any atom is 0.407 e. The predicted molar refractivity (Wildman–Crippen MR) is 255 cm³/mol. The third-order valence-corrected chi connectivity index (χ3v) is 14.1. The van der Waals surface area contributed by atoms with E-state index in [1.165, 1.54) is 32.6 Å². The van der Waals surface area contributed by atoms with Gasteiger partial charge in [0.05, 0.1) is 61.3 Å². The summed E-state index contributed by atoms with van der Waals surface area (Å²) in [4.78, 5) is 72.2. The number of aromatic amines is 2. The minimum atomic E-state index is -0.719. The van der Waals surface area contributed by atoms with Crippen molar-refractivity contribution in [2.75, 3.05) is 27.3 Å². The van der Waals surface area contributed by atoms with Gasteiger partial charge in [-0.2, -0.15) is 0 Å². The van der Waals surface area contributed by atoms with Crippen molar-refractivity contribution < 1.29 is 33.4 Å². The Bertz CT molecular complexity index is 2880. The first-order valence-electron chi connectivity index (χ1n) is 23.9. The number of fused-ring (bicyclic) bond motifs is 5. The molecule has 1 aliphatic carbocycles. The highest BCUT2D eigenvalue weighted by Gasteiger charge is 2.39. The minimum Gasteiger partial charge on any atom is -0.465 e. The number of ether oxygens (including phenoxy) is 3. The number of alkyl carbamates (subject to hydrolysis) is 2. The van der Waals surface area contributed by atoms with Crippen LogP contribution in [0.5, 0.6) is 5.75 Å². The van der Waals surface area contributed by atoms with Crippen molar-refractivity contribution in [3.05, 3.63) is 102 Å². The highest BCUT2D eigenvalue weighted by Crippen LogP contribution is 2.47. The molecule has 16 nitrogen and oxygen atoms in total. The number of nitrogens with one attached hydrogen (secondary N) is 4. The van der Waals surface area contributed by atoms with Crippen LogP contribution in [0, 0.1) is 11.8 Å². The van der Waals surface area contributed by atoms with Crippen molar-refractivity contribution in [3.63, 3.8) is 0 Å². The number of amides is 4. The summed E-state index contributed by atoms with van der Waals surface area (Å²) in [6.45, 7) is 8.77. The summed E-state index contributed by atoms with van der Waals surface area (Å²) in [6.07, 6.45) is 7.54. The highest BCUT2D eigenvalue weighted by molar-refractivity contribution is 5.93. The molecule has 6 aromatic rings. The molecule has 0 spiro atoms. The van der Waals surface area contributed by atoms with E-state index in [2.05, 4.69) is 91.9 Å². The van der Waals surface area contributed by atoms with E-state index in [1.807, 2.05) is 49.9 Å². The van der Waals surface area contributed by atoms with Crippen LogP contribution in [0.25, 0.3) is 44.7 Å². The van der Waals surface area contributed by atoms with Crippen molar-refractivity contribution in [1.82, 2.24) is 44.9 Å². The number of nitrogens with zero attached hydrogens (tertiary/aromatic N) is 5. The lowest BCUT2D eigenvalue weighted by Gasteiger charge is -2.31. The molecule has 5 atom stereocenters. The van der Waals surface area contributed by atoms with Gasteiger partial charge >= 0.3 is 12.2 Å². The second kappa shape index (κ2) is 18.2. The molecule has 4 aliphatic rings. The van der Waals surface area contributed by atoms with Gasteiger partial charge in [-0.05, 0) is 92.2 Å². The number of carbonyl (C=O) groups is 4. The first-order chi connectivity index (χ1) is 32.9. The molecule has 3 aliphatic heterocycles. The summed E-state index contributed by atoms with van der Waals surface area (Å²) in [5.41, 5.74) is 8.91. The SMILES string of the molecule is COC(=O)N[C@H](C(=O)N1CCC[C@H]1c1ncc(-c2ccc3c(c2)OC(c2ccc(C4CC4)cc2)n2c-3cc3cc(-c4cnc([C@@H]5CCCN5C(=O)[C@@H](NC(=O)OC)C(C)C)[nH]4)ccc32)[nH]1)C(C)C. The van der Waals surface area contributed by atoms with Gasteiger partial charge in [0.25, 0.3) is 0 Å². The largest absolute Gasteiger partial charge is 0.465 e. The lowest BCUT2D eigenvalue weighted by molar-refractivity contribution is -0.136. The maximum absolute atomic E-state index is 13.8. The van der Waals surface area contributed by atoms with Gasteiger partial charge in [0.1, 0.15) is 29.5 Å². The summed E-state index contributed by atoms with van der Waals surface area (Å²) in [7, 11) is 2.59. The summed E-state index contributed by atoms with van der Waals surface area (Å²) < 4.78 is 19.0. The quantitative estimate of drug-likeness (QED) is 0.0929. The van der Waals surface area contributed by atoms with Crippen molar-refractivity contribution in [1.29, 1.82) is 0 Å². The van der Waals surface area contributed by atoms with Gasteiger partial charge in [0.15, 0.2) is 0 Å². The number of imidazole rings is 2. The normalized spacial score (nSPS) is 19.7. The van der Waals surface area contributed by atoms with Crippen molar-refractivity contribution in [2.45, 2.75) is 103 Å². The van der Waals surface area contributed by atoms with Crippen LogP contribution in [0.1, 0.15) is 113 Å². The second-order valence-corrected chi connectivity index (χ2v) is 19.3. The summed E-state index contributed by atoms with van der Waals surface area (Å²) in [5, 5.41) is 6.49. The Morgan fingerprint density at radius 1 is 0.676 bits per heavy atom. The number of aromatic nitrogens is 5. The maximum atomic E-state index is 13.8. The number of hydrogen-bond donors (Lipinski definition) is 4. The molecule has 4 N–H and O–H groups in total. The molecule has 16 heteroatoms. The molecule has 1 unspecified atom stereocenters. The van der Waals surface area contributed by atoms with Crippen LogP contribution in [-0.4, -0.2) is 97.7 Å². The summed E-state index contributed by atoms with van der Waals surface area (Å²) in [6, 6.07) is 21.8. The predicted octanol–water partition coefficient (Wildman–Crippen LogP) is 8.99. The number of H-pyrrole nitrogens is 2. The van der Waals surface area contributed by atoms with E-state index in [0.717, 1.165) is 81.7 Å². The topological polar surface area (TPSA) is 189 Å². The number of benzene rings is 3. The number of carbonyl (C=O) groups excluding carboxylic acids is 4. The van der Waals surface area contributed by atoms with Gasteiger partial charge in [-0.1, -0.05) is 64.1 Å². The zero-order valence-corrected chi connectivity index (χ0v) is 39.4. The van der Waals surface area contributed by atoms with Gasteiger partial charge < -0.3 is 49.2 Å². The molecule has 3 fully saturated rings. The molecular formula is C52H59N9O7. The van der Waals surface area contributed by atoms with Gasteiger partial charge in [-0.3, -0.25) is 9.59 Å². The van der Waals surface area contributed by atoms with E-state index in [4.69, 9.17) is 24.2 Å². The molecule has 4 amide bonds. The molecule has 2 saturated heterocycles. The molecule has 354 valence electrons. The Labute approximate surface area is 395 Å². The van der Waals surface area contributed by atoms with Crippen LogP contribution in [0.4, 0.5) is 9.59 Å². The number of hydrogen-bond acceptors (Lipinski definition) is 9. The van der Waals surface area contributed by atoms with E-state index in [-0.39, 0.29) is 35.7 Å². The highest BCUT2D eigenvalue weighted by atomic mass is 16.5. The van der Waals surface area contributed by atoms with Crippen LogP contribution in [0.15, 0.2) is 79.1 Å². The standard InChI is InChI=1S/C52H59N9O7/c1-28(2)44(57-51(64)66-5)48(62)59-21-7-9-40(59)46-53-26-37(55-46)33-18-20-39-35(23-33)24-42-36-19-17-34(25-43(36)68-50(61(39)42)32-15-13-31(14-16-32)30-11-12-30)38-27-54-47(56-38)41-10-8-22-60(41)49(63)45(29(3)4)58-52(65)67-6/h13-20,23-30,40-41,44-45,50H,7-12,21-22H2,1-6H3,(H,53,55)(H,54,56)(H,57,64)(H,58,65)/t40-,41-,44-,45-,50?/m0/s1. The fourth-order valence-corrected chi connectivity index (χ4v) is 10.3. The van der Waals surface area contributed by atoms with Crippen molar-refractivity contribution in [2.24, 2.45) is 11.8 Å². The third kappa shape index (κ3) is 8.34. The van der Waals surface area contributed by atoms with Gasteiger partial charge in [-0.15, -0.1) is 0 Å². The molecule has 10 rings (SSSR count). The van der Waals surface area contributed by atoms with Crippen LogP contribution in [0.2, 0.25) is 0 Å². The first kappa shape index (κ1) is 44.7. The monoisotopic (exact) mass is 921 g/mol. The molecule has 3 aromatic carbocycles. The van der Waals surface area contributed by atoms with Crippen LogP contribution in [0.3, 0.4) is 0 Å². The Hall–Kier alpha value is -7.10. The van der Waals surface area contributed by atoms with Crippen LogP contribution < -0.4 is 15.4 Å². The van der Waals surface area contributed by atoms with Crippen molar-refractivity contribution >= 4 is 34.9 Å². The van der Waals surface area contributed by atoms with E-state index in [1.54, 1.807) is 0 Å². The van der Waals surface area contributed by atoms with Crippen LogP contribution in [-0.2, 0) is 19.1 Å². The van der Waals surface area contributed by atoms with Crippen molar-refractivity contribution in [3.8, 4) is 39.5 Å². The Morgan fingerprint density at radius 2 is 1.21 bits per heavy atom. The second-order valence-electron chi connectivity index (χ2n) is 19.3. The Balaban J connectivity index is 0.951. The van der Waals surface area contributed by atoms with Crippen LogP contribution >= 0.6 is 0 Å². The van der Waals surface area contributed by atoms with Gasteiger partial charge in [0, 0.05) is 40.7 Å². The van der Waals surface area contributed by atoms with E-state index in [9.17, 15) is 19.2 Å². The Kier molecular flexibility index (Phi) is 12.0. The molecule has 3 aromatic heterocycles. The zero-order valence-electron chi connectivity index (χ0n) is 39.4. The smallest absolute Gasteiger partial charge is 0.407 e.